The van der Waals surface area contributed by atoms with Crippen LogP contribution in [0, 0.1) is 0 Å². The number of ether oxygens (including phenoxy) is 3. The van der Waals surface area contributed by atoms with Crippen LogP contribution in [0.4, 0.5) is 16.2 Å². The van der Waals surface area contributed by atoms with Crippen LogP contribution in [0.1, 0.15) is 55.3 Å². The average molecular weight is 807 g/mol. The van der Waals surface area contributed by atoms with Gasteiger partial charge in [-0.25, -0.2) is 4.79 Å². The molecule has 0 atom stereocenters. The third kappa shape index (κ3) is 14.2. The molecule has 14 heteroatoms. The van der Waals surface area contributed by atoms with E-state index in [4.69, 9.17) is 25.8 Å². The number of benzene rings is 3. The highest BCUT2D eigenvalue weighted by Gasteiger charge is 2.24. The highest BCUT2D eigenvalue weighted by molar-refractivity contribution is 6.33. The summed E-state index contributed by atoms with van der Waals surface area (Å²) in [4.78, 5) is 58.0. The van der Waals surface area contributed by atoms with E-state index in [2.05, 4.69) is 15.5 Å². The highest BCUT2D eigenvalue weighted by Crippen LogP contribution is 2.32. The van der Waals surface area contributed by atoms with Crippen molar-refractivity contribution in [2.24, 2.45) is 0 Å². The average Bonchev–Trinajstić information content (AvgIpc) is 3.22. The van der Waals surface area contributed by atoms with Gasteiger partial charge in [0.15, 0.2) is 0 Å². The molecule has 0 aromatic heterocycles. The maximum absolute atomic E-state index is 13.2. The Balaban J connectivity index is 1.09. The fourth-order valence-electron chi connectivity index (χ4n) is 6.65. The maximum Gasteiger partial charge on any atom is 0.411 e. The largest absolute Gasteiger partial charge is 0.496 e. The van der Waals surface area contributed by atoms with Gasteiger partial charge in [0.1, 0.15) is 18.5 Å². The minimum Gasteiger partial charge on any atom is -0.496 e. The number of hydrogen-bond donors (Lipinski definition) is 2. The monoisotopic (exact) mass is 806 g/mol. The second-order valence-electron chi connectivity index (χ2n) is 14.4. The topological polar surface area (TPSA) is 133 Å². The van der Waals surface area contributed by atoms with Gasteiger partial charge in [-0.15, -0.1) is 0 Å². The lowest BCUT2D eigenvalue weighted by Gasteiger charge is -2.32. The van der Waals surface area contributed by atoms with Crippen LogP contribution in [0.5, 0.6) is 5.75 Å². The zero-order valence-corrected chi connectivity index (χ0v) is 34.8. The summed E-state index contributed by atoms with van der Waals surface area (Å²) in [5.41, 5.74) is 3.72. The van der Waals surface area contributed by atoms with Crippen LogP contribution < -0.4 is 15.4 Å². The molecule has 4 rings (SSSR count). The summed E-state index contributed by atoms with van der Waals surface area (Å²) < 4.78 is 16.2. The van der Waals surface area contributed by atoms with E-state index in [1.165, 1.54) is 14.2 Å². The molecule has 4 amide bonds. The summed E-state index contributed by atoms with van der Waals surface area (Å²) in [5.74, 6) is 0.205. The summed E-state index contributed by atoms with van der Waals surface area (Å²) in [6, 6.07) is 21.0. The van der Waals surface area contributed by atoms with Crippen LogP contribution >= 0.6 is 11.6 Å². The zero-order chi connectivity index (χ0) is 41.2. The van der Waals surface area contributed by atoms with Crippen molar-refractivity contribution in [1.82, 2.24) is 19.6 Å². The van der Waals surface area contributed by atoms with Crippen LogP contribution in [0.3, 0.4) is 0 Å². The van der Waals surface area contributed by atoms with Gasteiger partial charge in [-0.05, 0) is 49.8 Å². The molecule has 13 nitrogen and oxygen atoms in total. The zero-order valence-electron chi connectivity index (χ0n) is 34.1. The molecule has 0 bridgehead atoms. The van der Waals surface area contributed by atoms with E-state index >= 15 is 0 Å². The Morgan fingerprint density at radius 1 is 0.789 bits per heavy atom. The molecule has 2 N–H and O–H groups in total. The third-order valence-corrected chi connectivity index (χ3v) is 10.5. The lowest BCUT2D eigenvalue weighted by atomic mass is 10.0. The molecule has 1 saturated heterocycles. The van der Waals surface area contributed by atoms with Crippen molar-refractivity contribution in [2.75, 3.05) is 98.4 Å². The molecule has 0 unspecified atom stereocenters. The molecule has 0 aliphatic carbocycles. The predicted molar refractivity (Wildman–Crippen MR) is 225 cm³/mol. The quantitative estimate of drug-likeness (QED) is 0.113. The molecule has 3 aromatic rings. The van der Waals surface area contributed by atoms with Crippen molar-refractivity contribution >= 4 is 46.8 Å². The van der Waals surface area contributed by atoms with Crippen LogP contribution in [-0.4, -0.2) is 137 Å². The molecule has 3 aromatic carbocycles. The van der Waals surface area contributed by atoms with Gasteiger partial charge in [-0.1, -0.05) is 66.6 Å². The lowest BCUT2D eigenvalue weighted by Crippen LogP contribution is -2.42. The van der Waals surface area contributed by atoms with Gasteiger partial charge in [0, 0.05) is 92.1 Å². The number of nitrogens with zero attached hydrogens (tertiary/aromatic N) is 4. The summed E-state index contributed by atoms with van der Waals surface area (Å²) in [5, 5.41) is 6.68. The molecule has 0 spiro atoms. The molecular formula is C43H59ClN6O7. The number of rotatable bonds is 21. The van der Waals surface area contributed by atoms with E-state index in [0.29, 0.717) is 61.0 Å². The number of carbonyl (C=O) groups excluding carboxylic acids is 4. The Kier molecular flexibility index (Phi) is 18.4. The Hall–Kier alpha value is -4.85. The normalized spacial score (nSPS) is 13.1. The van der Waals surface area contributed by atoms with Gasteiger partial charge in [0.05, 0.1) is 29.1 Å². The highest BCUT2D eigenvalue weighted by atomic mass is 35.5. The van der Waals surface area contributed by atoms with Crippen molar-refractivity contribution < 1.29 is 33.4 Å². The molecule has 0 saturated carbocycles. The molecule has 1 fully saturated rings. The standard InChI is InChI=1S/C43H59ClN6O7/c1-47(41(52)31-55-4)23-14-24-49(3)42(53)35-29-36(44)38(30-39(35)56-5)45-22-13-7-10-19-40(51)48(2)27-28-50-25-20-33(21-26-50)57-43(54)46-37-18-12-11-17-34(37)32-15-8-6-9-16-32/h6,8-9,11-12,15-18,29-30,33,45H,7,10,13-14,19-28,31H2,1-5H3,(H,46,54). The first-order valence-corrected chi connectivity index (χ1v) is 20.1. The number of likely N-dealkylation sites (tertiary alicyclic amines) is 1. The Labute approximate surface area is 342 Å². The fraction of sp³-hybridized carbons (Fsp3) is 0.488. The van der Waals surface area contributed by atoms with Gasteiger partial charge >= 0.3 is 6.09 Å². The molecule has 1 aliphatic rings. The van der Waals surface area contributed by atoms with Crippen molar-refractivity contribution in [3.63, 3.8) is 0 Å². The van der Waals surface area contributed by atoms with Crippen molar-refractivity contribution in [3.8, 4) is 16.9 Å². The Morgan fingerprint density at radius 2 is 1.47 bits per heavy atom. The minimum atomic E-state index is -0.445. The molecule has 0 radical (unpaired) electrons. The van der Waals surface area contributed by atoms with Crippen molar-refractivity contribution in [2.45, 2.75) is 51.0 Å². The van der Waals surface area contributed by atoms with Gasteiger partial charge in [-0.2, -0.15) is 0 Å². The van der Waals surface area contributed by atoms with E-state index in [-0.39, 0.29) is 30.4 Å². The van der Waals surface area contributed by atoms with Crippen LogP contribution in [-0.2, 0) is 19.1 Å². The molecular weight excluding hydrogens is 748 g/mol. The van der Waals surface area contributed by atoms with Crippen molar-refractivity contribution in [1.29, 1.82) is 0 Å². The first-order valence-electron chi connectivity index (χ1n) is 19.7. The molecule has 310 valence electrons. The predicted octanol–water partition coefficient (Wildman–Crippen LogP) is 6.73. The number of likely N-dealkylation sites (N-methyl/N-ethyl adjacent to an activating group) is 2. The van der Waals surface area contributed by atoms with E-state index in [9.17, 15) is 19.2 Å². The summed E-state index contributed by atoms with van der Waals surface area (Å²) in [7, 11) is 8.26. The minimum absolute atomic E-state index is 0.0242. The second kappa shape index (κ2) is 23.4. The van der Waals surface area contributed by atoms with Crippen molar-refractivity contribution in [3.05, 3.63) is 77.3 Å². The van der Waals surface area contributed by atoms with Crippen LogP contribution in [0.25, 0.3) is 11.1 Å². The summed E-state index contributed by atoms with van der Waals surface area (Å²) in [6.45, 7) is 4.65. The number of amides is 4. The van der Waals surface area contributed by atoms with Gasteiger partial charge < -0.3 is 39.1 Å². The number of unbranched alkanes of at least 4 members (excludes halogenated alkanes) is 2. The third-order valence-electron chi connectivity index (χ3n) is 10.2. The molecule has 1 heterocycles. The second-order valence-corrected chi connectivity index (χ2v) is 14.8. The number of piperidine rings is 1. The number of anilines is 2. The summed E-state index contributed by atoms with van der Waals surface area (Å²) in [6.07, 6.45) is 4.47. The number of nitrogens with one attached hydrogen (secondary N) is 2. The Morgan fingerprint density at radius 3 is 2.19 bits per heavy atom. The van der Waals surface area contributed by atoms with E-state index in [1.54, 1.807) is 40.9 Å². The number of methoxy groups -OCH3 is 2. The molecule has 57 heavy (non-hydrogen) atoms. The number of carbonyl (C=O) groups is 4. The summed E-state index contributed by atoms with van der Waals surface area (Å²) >= 11 is 6.58. The Bertz CT molecular complexity index is 1750. The number of para-hydroxylation sites is 1. The van der Waals surface area contributed by atoms with E-state index in [1.807, 2.05) is 61.6 Å². The van der Waals surface area contributed by atoms with E-state index in [0.717, 1.165) is 68.6 Å². The SMILES string of the molecule is COCC(=O)N(C)CCCN(C)C(=O)c1cc(Cl)c(NCCCCCC(=O)N(C)CCN2CCC(OC(=O)Nc3ccccc3-c3ccccc3)CC2)cc1OC. The number of hydrogen-bond acceptors (Lipinski definition) is 9. The first kappa shape index (κ1) is 44.9. The van der Waals surface area contributed by atoms with Crippen LogP contribution in [0.2, 0.25) is 5.02 Å². The fourth-order valence-corrected chi connectivity index (χ4v) is 6.88. The van der Waals surface area contributed by atoms with E-state index < -0.39 is 6.09 Å². The van der Waals surface area contributed by atoms with Gasteiger partial charge in [-0.3, -0.25) is 19.7 Å². The first-order chi connectivity index (χ1) is 27.5. The maximum atomic E-state index is 13.2. The smallest absolute Gasteiger partial charge is 0.411 e. The van der Waals surface area contributed by atoms with Gasteiger partial charge in [0.25, 0.3) is 5.91 Å². The van der Waals surface area contributed by atoms with Gasteiger partial charge in [0.2, 0.25) is 11.8 Å². The lowest BCUT2D eigenvalue weighted by molar-refractivity contribution is -0.134. The van der Waals surface area contributed by atoms with Crippen LogP contribution in [0.15, 0.2) is 66.7 Å². The molecule has 1 aliphatic heterocycles. The number of halogens is 1.